The first-order valence-corrected chi connectivity index (χ1v) is 10.3. The molecule has 5 rings (SSSR count). The minimum atomic E-state index is -0.566. The molecule has 3 aromatic carbocycles. The molecule has 1 aliphatic rings. The Morgan fingerprint density at radius 3 is 2.61 bits per heavy atom. The first kappa shape index (κ1) is 19.7. The standard InChI is InChI=1S/C23H16Cl2N2O4/c24-15-7-5-13(6-8-15)22-21(16-3-1-2-4-19(16)26-22)17(11-27(28)29)14-9-18(25)23-20(10-14)30-12-31-23/h1-10,17,26H,11-12H2/t17-/m1/s1. The van der Waals surface area contributed by atoms with E-state index in [0.717, 1.165) is 27.7 Å². The van der Waals surface area contributed by atoms with Gasteiger partial charge in [-0.3, -0.25) is 10.1 Å². The molecular formula is C23H16Cl2N2O4. The van der Waals surface area contributed by atoms with Crippen LogP contribution in [0.25, 0.3) is 22.2 Å². The first-order valence-electron chi connectivity index (χ1n) is 9.58. The van der Waals surface area contributed by atoms with Crippen LogP contribution in [0.4, 0.5) is 0 Å². The lowest BCUT2D eigenvalue weighted by Crippen LogP contribution is -2.14. The molecule has 1 aliphatic heterocycles. The Kier molecular flexibility index (Phi) is 4.96. The summed E-state index contributed by atoms with van der Waals surface area (Å²) in [4.78, 5) is 14.8. The highest BCUT2D eigenvalue weighted by Crippen LogP contribution is 2.45. The predicted octanol–water partition coefficient (Wildman–Crippen LogP) is 6.28. The van der Waals surface area contributed by atoms with Crippen LogP contribution in [0.2, 0.25) is 10.0 Å². The minimum absolute atomic E-state index is 0.0710. The maximum Gasteiger partial charge on any atom is 0.231 e. The zero-order chi connectivity index (χ0) is 21.5. The second-order valence-corrected chi connectivity index (χ2v) is 8.11. The SMILES string of the molecule is O=[N+]([O-])C[C@H](c1cc(Cl)c2c(c1)OCO2)c1c(-c2ccc(Cl)cc2)[nH]c2ccccc12. The van der Waals surface area contributed by atoms with Gasteiger partial charge in [0, 0.05) is 20.8 Å². The predicted molar refractivity (Wildman–Crippen MR) is 120 cm³/mol. The van der Waals surface area contributed by atoms with Crippen LogP contribution in [0, 0.1) is 10.1 Å². The maximum atomic E-state index is 11.7. The average Bonchev–Trinajstić information content (AvgIpc) is 3.37. The van der Waals surface area contributed by atoms with Crippen molar-refractivity contribution in [2.75, 3.05) is 13.3 Å². The van der Waals surface area contributed by atoms with Gasteiger partial charge in [0.25, 0.3) is 0 Å². The third-order valence-corrected chi connectivity index (χ3v) is 5.94. The molecule has 0 bridgehead atoms. The van der Waals surface area contributed by atoms with E-state index in [1.165, 1.54) is 0 Å². The van der Waals surface area contributed by atoms with Crippen molar-refractivity contribution in [3.63, 3.8) is 0 Å². The Labute approximate surface area is 187 Å². The van der Waals surface area contributed by atoms with E-state index in [1.807, 2.05) is 36.4 Å². The molecule has 0 saturated heterocycles. The zero-order valence-electron chi connectivity index (χ0n) is 16.1. The van der Waals surface area contributed by atoms with Crippen LogP contribution < -0.4 is 9.47 Å². The number of H-pyrrole nitrogens is 1. The Morgan fingerprint density at radius 2 is 1.84 bits per heavy atom. The third-order valence-electron chi connectivity index (χ3n) is 5.41. The quantitative estimate of drug-likeness (QED) is 0.284. The lowest BCUT2D eigenvalue weighted by molar-refractivity contribution is -0.481. The van der Waals surface area contributed by atoms with E-state index in [0.29, 0.717) is 27.1 Å². The van der Waals surface area contributed by atoms with E-state index in [1.54, 1.807) is 24.3 Å². The van der Waals surface area contributed by atoms with E-state index in [9.17, 15) is 10.1 Å². The number of hydrogen-bond donors (Lipinski definition) is 1. The van der Waals surface area contributed by atoms with Crippen molar-refractivity contribution in [2.24, 2.45) is 0 Å². The first-order chi connectivity index (χ1) is 15.0. The summed E-state index contributed by atoms with van der Waals surface area (Å²) in [6.45, 7) is -0.236. The van der Waals surface area contributed by atoms with E-state index >= 15 is 0 Å². The summed E-state index contributed by atoms with van der Waals surface area (Å²) in [7, 11) is 0. The number of benzene rings is 3. The molecule has 0 fully saturated rings. The Hall–Kier alpha value is -3.22. The van der Waals surface area contributed by atoms with Crippen molar-refractivity contribution >= 4 is 34.1 Å². The van der Waals surface area contributed by atoms with Gasteiger partial charge in [0.15, 0.2) is 11.5 Å². The van der Waals surface area contributed by atoms with Crippen molar-refractivity contribution < 1.29 is 14.4 Å². The minimum Gasteiger partial charge on any atom is -0.454 e. The number of ether oxygens (including phenoxy) is 2. The number of hydrogen-bond acceptors (Lipinski definition) is 4. The average molecular weight is 455 g/mol. The molecule has 1 atom stereocenters. The number of nitrogens with one attached hydrogen (secondary N) is 1. The van der Waals surface area contributed by atoms with Gasteiger partial charge in [0.1, 0.15) is 0 Å². The van der Waals surface area contributed by atoms with Crippen LogP contribution in [-0.4, -0.2) is 23.2 Å². The summed E-state index contributed by atoms with van der Waals surface area (Å²) in [5.74, 6) is 0.384. The normalized spacial score (nSPS) is 13.5. The molecule has 4 aromatic rings. The number of nitrogens with zero attached hydrogens (tertiary/aromatic N) is 1. The van der Waals surface area contributed by atoms with Crippen molar-refractivity contribution in [2.45, 2.75) is 5.92 Å². The highest BCUT2D eigenvalue weighted by Gasteiger charge is 2.30. The van der Waals surface area contributed by atoms with Crippen LogP contribution in [0.1, 0.15) is 17.0 Å². The van der Waals surface area contributed by atoms with Crippen molar-refractivity contribution in [3.05, 3.63) is 92.0 Å². The van der Waals surface area contributed by atoms with Gasteiger partial charge in [0.2, 0.25) is 13.3 Å². The van der Waals surface area contributed by atoms with E-state index in [4.69, 9.17) is 32.7 Å². The molecule has 0 aliphatic carbocycles. The van der Waals surface area contributed by atoms with Gasteiger partial charge in [-0.2, -0.15) is 0 Å². The van der Waals surface area contributed by atoms with E-state index < -0.39 is 5.92 Å². The summed E-state index contributed by atoms with van der Waals surface area (Å²) in [6, 6.07) is 18.6. The van der Waals surface area contributed by atoms with Crippen molar-refractivity contribution in [1.82, 2.24) is 4.98 Å². The van der Waals surface area contributed by atoms with Crippen LogP contribution >= 0.6 is 23.2 Å². The molecule has 0 spiro atoms. The smallest absolute Gasteiger partial charge is 0.231 e. The molecule has 6 nitrogen and oxygen atoms in total. The topological polar surface area (TPSA) is 77.4 Å². The van der Waals surface area contributed by atoms with Crippen LogP contribution in [0.3, 0.4) is 0 Å². The van der Waals surface area contributed by atoms with E-state index in [2.05, 4.69) is 4.98 Å². The number of nitro groups is 1. The molecule has 0 unspecified atom stereocenters. The Balaban J connectivity index is 1.76. The second kappa shape index (κ2) is 7.80. The molecule has 1 aromatic heterocycles. The molecule has 0 saturated carbocycles. The summed E-state index contributed by atoms with van der Waals surface area (Å²) in [5.41, 5.74) is 4.09. The van der Waals surface area contributed by atoms with Crippen molar-refractivity contribution in [3.8, 4) is 22.8 Å². The number of fused-ring (bicyclic) bond motifs is 2. The number of para-hydroxylation sites is 1. The molecule has 31 heavy (non-hydrogen) atoms. The van der Waals surface area contributed by atoms with Gasteiger partial charge in [-0.1, -0.05) is 53.5 Å². The van der Waals surface area contributed by atoms with Gasteiger partial charge in [-0.05, 0) is 47.0 Å². The highest BCUT2D eigenvalue weighted by atomic mass is 35.5. The summed E-state index contributed by atoms with van der Waals surface area (Å²) >= 11 is 12.5. The maximum absolute atomic E-state index is 11.7. The van der Waals surface area contributed by atoms with Gasteiger partial charge < -0.3 is 14.5 Å². The third kappa shape index (κ3) is 3.58. The second-order valence-electron chi connectivity index (χ2n) is 7.27. The number of rotatable bonds is 5. The van der Waals surface area contributed by atoms with Gasteiger partial charge in [0.05, 0.1) is 16.6 Å². The Morgan fingerprint density at radius 1 is 1.06 bits per heavy atom. The Bertz CT molecular complexity index is 1300. The molecule has 8 heteroatoms. The lowest BCUT2D eigenvalue weighted by atomic mass is 9.87. The highest BCUT2D eigenvalue weighted by molar-refractivity contribution is 6.32. The number of aromatic nitrogens is 1. The van der Waals surface area contributed by atoms with Gasteiger partial charge >= 0.3 is 0 Å². The molecule has 0 amide bonds. The zero-order valence-corrected chi connectivity index (χ0v) is 17.6. The molecule has 1 N–H and O–H groups in total. The molecule has 2 heterocycles. The number of aromatic amines is 1. The largest absolute Gasteiger partial charge is 0.454 e. The van der Waals surface area contributed by atoms with Crippen LogP contribution in [-0.2, 0) is 0 Å². The molecule has 156 valence electrons. The van der Waals surface area contributed by atoms with Crippen molar-refractivity contribution in [1.29, 1.82) is 0 Å². The fraction of sp³-hybridized carbons (Fsp3) is 0.130. The fourth-order valence-electron chi connectivity index (χ4n) is 4.07. The molecular weight excluding hydrogens is 439 g/mol. The summed E-state index contributed by atoms with van der Waals surface area (Å²) in [5, 5.41) is 13.6. The lowest BCUT2D eigenvalue weighted by Gasteiger charge is -2.17. The summed E-state index contributed by atoms with van der Waals surface area (Å²) < 4.78 is 10.9. The van der Waals surface area contributed by atoms with Gasteiger partial charge in [-0.15, -0.1) is 0 Å². The fourth-order valence-corrected chi connectivity index (χ4v) is 4.47. The summed E-state index contributed by atoms with van der Waals surface area (Å²) in [6.07, 6.45) is 0. The van der Waals surface area contributed by atoms with Gasteiger partial charge in [-0.25, -0.2) is 0 Å². The van der Waals surface area contributed by atoms with E-state index in [-0.39, 0.29) is 18.3 Å². The monoisotopic (exact) mass is 454 g/mol. The molecule has 0 radical (unpaired) electrons. The van der Waals surface area contributed by atoms with Crippen LogP contribution in [0.15, 0.2) is 60.7 Å². The van der Waals surface area contributed by atoms with Crippen LogP contribution in [0.5, 0.6) is 11.5 Å². The number of halogens is 2.